The lowest BCUT2D eigenvalue weighted by atomic mass is 10.2. The van der Waals surface area contributed by atoms with Gasteiger partial charge in [-0.2, -0.15) is 0 Å². The summed E-state index contributed by atoms with van der Waals surface area (Å²) in [6, 6.07) is 10.3. The van der Waals surface area contributed by atoms with E-state index in [1.165, 1.54) is 14.0 Å². The molecule has 0 spiro atoms. The number of esters is 1. The van der Waals surface area contributed by atoms with Crippen molar-refractivity contribution in [3.8, 4) is 48.2 Å². The molecule has 9 heteroatoms. The number of carbonyl (C=O) groups is 2. The summed E-state index contributed by atoms with van der Waals surface area (Å²) in [5, 5.41) is 8.68. The lowest BCUT2D eigenvalue weighted by molar-refractivity contribution is -0.148. The molecular formula is C28H30Br2O6Si. The molecule has 2 rings (SSSR count). The second kappa shape index (κ2) is 16.6. The first-order valence-corrected chi connectivity index (χ1v) is 15.9. The van der Waals surface area contributed by atoms with E-state index in [9.17, 15) is 9.59 Å². The third kappa shape index (κ3) is 13.6. The summed E-state index contributed by atoms with van der Waals surface area (Å²) >= 11 is 6.57. The Balaban J connectivity index is 0.000000578. The van der Waals surface area contributed by atoms with Crippen LogP contribution in [0.25, 0.3) is 0 Å². The van der Waals surface area contributed by atoms with E-state index in [2.05, 4.69) is 73.6 Å². The van der Waals surface area contributed by atoms with Crippen LogP contribution in [0.5, 0.6) is 11.5 Å². The highest BCUT2D eigenvalue weighted by atomic mass is 79.9. The molecule has 6 nitrogen and oxygen atoms in total. The van der Waals surface area contributed by atoms with Gasteiger partial charge in [0.15, 0.2) is 12.2 Å². The third-order valence-electron chi connectivity index (χ3n) is 4.12. The Morgan fingerprint density at radius 1 is 0.865 bits per heavy atom. The molecule has 0 fully saturated rings. The predicted octanol–water partition coefficient (Wildman–Crippen LogP) is 6.15. The van der Waals surface area contributed by atoms with E-state index < -0.39 is 32.2 Å². The molecule has 0 amide bonds. The van der Waals surface area contributed by atoms with Crippen LogP contribution in [0.3, 0.4) is 0 Å². The van der Waals surface area contributed by atoms with Gasteiger partial charge >= 0.3 is 11.9 Å². The lowest BCUT2D eigenvalue weighted by Gasteiger charge is -2.13. The zero-order valence-electron chi connectivity index (χ0n) is 21.6. The van der Waals surface area contributed by atoms with Crippen molar-refractivity contribution in [2.24, 2.45) is 0 Å². The van der Waals surface area contributed by atoms with Crippen LogP contribution in [-0.2, 0) is 14.3 Å². The summed E-state index contributed by atoms with van der Waals surface area (Å²) < 4.78 is 16.8. The summed E-state index contributed by atoms with van der Waals surface area (Å²) in [6.45, 7) is 9.49. The van der Waals surface area contributed by atoms with Crippen LogP contribution in [0.2, 0.25) is 19.6 Å². The average Bonchev–Trinajstić information content (AvgIpc) is 2.85. The van der Waals surface area contributed by atoms with Crippen LogP contribution >= 0.6 is 31.9 Å². The molecule has 0 aliphatic carbocycles. The van der Waals surface area contributed by atoms with Crippen LogP contribution in [0.1, 0.15) is 25.0 Å². The number of carboxylic acid groups (broad SMARTS) is 1. The molecule has 2 atom stereocenters. The third-order valence-corrected chi connectivity index (χ3v) is 5.97. The van der Waals surface area contributed by atoms with Crippen molar-refractivity contribution in [1.29, 1.82) is 0 Å². The highest BCUT2D eigenvalue weighted by molar-refractivity contribution is 9.10. The van der Waals surface area contributed by atoms with Gasteiger partial charge in [0.05, 0.1) is 18.2 Å². The lowest BCUT2D eigenvalue weighted by Crippen LogP contribution is -2.25. The van der Waals surface area contributed by atoms with Gasteiger partial charge in [-0.05, 0) is 50.2 Å². The van der Waals surface area contributed by atoms with E-state index in [4.69, 9.17) is 33.9 Å². The topological polar surface area (TPSA) is 82.1 Å². The van der Waals surface area contributed by atoms with Crippen LogP contribution in [0, 0.1) is 36.7 Å². The smallest absolute Gasteiger partial charge is 0.346 e. The number of carboxylic acids is 1. The van der Waals surface area contributed by atoms with Crippen LogP contribution in [-0.4, -0.2) is 44.4 Å². The van der Waals surface area contributed by atoms with E-state index in [1.54, 1.807) is 43.3 Å². The largest absolute Gasteiger partial charge is 0.479 e. The van der Waals surface area contributed by atoms with Crippen molar-refractivity contribution in [2.45, 2.75) is 45.7 Å². The van der Waals surface area contributed by atoms with Gasteiger partial charge in [0.1, 0.15) is 19.6 Å². The molecule has 0 aliphatic rings. The van der Waals surface area contributed by atoms with E-state index in [0.29, 0.717) is 22.6 Å². The number of aliphatic carboxylic acids is 1. The maximum absolute atomic E-state index is 11.2. The Morgan fingerprint density at radius 2 is 1.24 bits per heavy atom. The number of hydrogen-bond donors (Lipinski definition) is 1. The molecular weight excluding hydrogens is 620 g/mol. The van der Waals surface area contributed by atoms with Crippen LogP contribution in [0.15, 0.2) is 45.3 Å². The second-order valence-electron chi connectivity index (χ2n) is 8.35. The molecule has 0 aliphatic heterocycles. The molecule has 2 aromatic carbocycles. The maximum atomic E-state index is 11.2. The van der Waals surface area contributed by atoms with Crippen molar-refractivity contribution in [3.05, 3.63) is 56.5 Å². The standard InChI is InChI=1S/C12H11BrO3.C11H9BrO3.C5H10Si/c1-4-9-7-10(13)5-6-11(9)16-8(2)12(14)15-3;1-3-8-6-9(12)4-5-10(8)15-7(2)11(13)14;1-5-6(2,3)4/h1,5-8H,2-3H3;1,4-7H,2H3,(H,13,14);1H,2-4H3/t8-;7-;/m00./s1. The van der Waals surface area contributed by atoms with Gasteiger partial charge in [0, 0.05) is 8.95 Å². The molecule has 0 unspecified atom stereocenters. The molecule has 37 heavy (non-hydrogen) atoms. The second-order valence-corrected chi connectivity index (χ2v) is 15.0. The van der Waals surface area contributed by atoms with Gasteiger partial charge < -0.3 is 19.3 Å². The average molecular weight is 650 g/mol. The first kappa shape index (κ1) is 33.8. The minimum atomic E-state index is -1.10. The number of methoxy groups -OCH3 is 1. The van der Waals surface area contributed by atoms with E-state index >= 15 is 0 Å². The van der Waals surface area contributed by atoms with Gasteiger partial charge in [-0.1, -0.05) is 63.3 Å². The van der Waals surface area contributed by atoms with Gasteiger partial charge in [-0.3, -0.25) is 0 Å². The van der Waals surface area contributed by atoms with E-state index in [0.717, 1.165) is 8.95 Å². The van der Waals surface area contributed by atoms with Gasteiger partial charge in [0.2, 0.25) is 0 Å². The Morgan fingerprint density at radius 3 is 1.54 bits per heavy atom. The summed E-state index contributed by atoms with van der Waals surface area (Å²) in [5.41, 5.74) is 3.86. The summed E-state index contributed by atoms with van der Waals surface area (Å²) in [7, 11) is 0.208. The molecule has 0 saturated carbocycles. The highest BCUT2D eigenvalue weighted by Crippen LogP contribution is 2.24. The quantitative estimate of drug-likeness (QED) is 0.230. The molecule has 0 heterocycles. The number of hydrogen-bond acceptors (Lipinski definition) is 5. The fourth-order valence-corrected chi connectivity index (χ4v) is 2.80. The number of ether oxygens (including phenoxy) is 3. The maximum Gasteiger partial charge on any atom is 0.346 e. The SMILES string of the molecule is C#C[Si](C)(C)C.C#Cc1cc(Br)ccc1O[C@@H](C)C(=O)O.C#Cc1cc(Br)ccc1O[C@@H](C)C(=O)OC. The number of carbonyl (C=O) groups excluding carboxylic acids is 1. The fraction of sp³-hybridized carbons (Fsp3) is 0.286. The minimum Gasteiger partial charge on any atom is -0.479 e. The zero-order valence-corrected chi connectivity index (χ0v) is 25.8. The Labute approximate surface area is 237 Å². The van der Waals surface area contributed by atoms with Gasteiger partial charge in [-0.25, -0.2) is 9.59 Å². The van der Waals surface area contributed by atoms with E-state index in [1.807, 2.05) is 0 Å². The molecule has 0 bridgehead atoms. The summed E-state index contributed by atoms with van der Waals surface area (Å²) in [6.07, 6.45) is 14.1. The first-order valence-electron chi connectivity index (χ1n) is 10.8. The van der Waals surface area contributed by atoms with Crippen molar-refractivity contribution < 1.29 is 28.9 Å². The Kier molecular flexibility index (Phi) is 15.1. The van der Waals surface area contributed by atoms with Crippen molar-refractivity contribution in [1.82, 2.24) is 0 Å². The normalized spacial score (nSPS) is 11.3. The number of rotatable bonds is 6. The minimum absolute atomic E-state index is 0.399. The number of terminal acetylenes is 3. The summed E-state index contributed by atoms with van der Waals surface area (Å²) in [5.74, 6) is 4.35. The molecule has 0 aromatic heterocycles. The zero-order chi connectivity index (χ0) is 28.8. The van der Waals surface area contributed by atoms with Crippen molar-refractivity contribution in [2.75, 3.05) is 7.11 Å². The molecule has 0 radical (unpaired) electrons. The van der Waals surface area contributed by atoms with Crippen LogP contribution < -0.4 is 9.47 Å². The predicted molar refractivity (Wildman–Crippen MR) is 156 cm³/mol. The van der Waals surface area contributed by atoms with Gasteiger partial charge in [-0.15, -0.1) is 24.8 Å². The monoisotopic (exact) mass is 648 g/mol. The fourth-order valence-electron chi connectivity index (χ4n) is 2.08. The van der Waals surface area contributed by atoms with Crippen molar-refractivity contribution in [3.63, 3.8) is 0 Å². The number of benzene rings is 2. The molecule has 1 N–H and O–H groups in total. The Hall–Kier alpha value is -3.16. The van der Waals surface area contributed by atoms with E-state index in [-0.39, 0.29) is 0 Å². The first-order chi connectivity index (χ1) is 17.2. The molecule has 196 valence electrons. The van der Waals surface area contributed by atoms with Gasteiger partial charge in [0.25, 0.3) is 0 Å². The Bertz CT molecular complexity index is 1200. The number of halogens is 2. The summed E-state index contributed by atoms with van der Waals surface area (Å²) in [4.78, 5) is 21.8. The van der Waals surface area contributed by atoms with Crippen LogP contribution in [0.4, 0.5) is 0 Å². The molecule has 2 aromatic rings. The highest BCUT2D eigenvalue weighted by Gasteiger charge is 2.16. The van der Waals surface area contributed by atoms with Crippen molar-refractivity contribution >= 4 is 51.9 Å². The molecule has 0 saturated heterocycles.